The summed E-state index contributed by atoms with van der Waals surface area (Å²) < 4.78 is 4.26. The molecule has 1 aliphatic heterocycles. The molecule has 108 valence electrons. The number of rotatable bonds is 2. The fraction of sp³-hybridized carbons (Fsp3) is 0.400. The van der Waals surface area contributed by atoms with Crippen molar-refractivity contribution in [2.75, 3.05) is 36.0 Å². The van der Waals surface area contributed by atoms with Crippen molar-refractivity contribution in [2.45, 2.75) is 13.3 Å². The van der Waals surface area contributed by atoms with Crippen LogP contribution in [0, 0.1) is 18.3 Å². The molecular formula is C15H17N5S. The Labute approximate surface area is 128 Å². The highest BCUT2D eigenvalue weighted by molar-refractivity contribution is 7.09. The van der Waals surface area contributed by atoms with Crippen LogP contribution in [0.3, 0.4) is 0 Å². The van der Waals surface area contributed by atoms with Gasteiger partial charge in [-0.05, 0) is 25.5 Å². The summed E-state index contributed by atoms with van der Waals surface area (Å²) >= 11 is 1.46. The van der Waals surface area contributed by atoms with Crippen LogP contribution in [-0.4, -0.2) is 35.5 Å². The average molecular weight is 299 g/mol. The molecule has 3 rings (SSSR count). The third kappa shape index (κ3) is 2.98. The lowest BCUT2D eigenvalue weighted by molar-refractivity contribution is 0.803. The minimum atomic E-state index is 0.748. The first-order valence-corrected chi connectivity index (χ1v) is 7.84. The van der Waals surface area contributed by atoms with Crippen LogP contribution in [-0.2, 0) is 0 Å². The van der Waals surface area contributed by atoms with Gasteiger partial charge in [0.25, 0.3) is 0 Å². The van der Waals surface area contributed by atoms with Gasteiger partial charge in [-0.15, -0.1) is 0 Å². The first-order valence-electron chi connectivity index (χ1n) is 7.07. The summed E-state index contributed by atoms with van der Waals surface area (Å²) in [4.78, 5) is 9.06. The Kier molecular flexibility index (Phi) is 4.02. The van der Waals surface area contributed by atoms with Gasteiger partial charge in [0.1, 0.15) is 11.9 Å². The van der Waals surface area contributed by atoms with Gasteiger partial charge < -0.3 is 9.80 Å². The fourth-order valence-electron chi connectivity index (χ4n) is 2.61. The quantitative estimate of drug-likeness (QED) is 0.852. The zero-order valence-electron chi connectivity index (χ0n) is 12.0. The summed E-state index contributed by atoms with van der Waals surface area (Å²) in [6.07, 6.45) is 1.05. The second-order valence-electron chi connectivity index (χ2n) is 5.08. The van der Waals surface area contributed by atoms with Gasteiger partial charge in [0.05, 0.1) is 11.3 Å². The van der Waals surface area contributed by atoms with Crippen molar-refractivity contribution >= 4 is 22.4 Å². The number of anilines is 2. The molecule has 1 aliphatic rings. The van der Waals surface area contributed by atoms with Crippen LogP contribution in [0.15, 0.2) is 24.3 Å². The molecule has 1 fully saturated rings. The number of benzene rings is 1. The minimum absolute atomic E-state index is 0.748. The van der Waals surface area contributed by atoms with Gasteiger partial charge in [-0.2, -0.15) is 9.64 Å². The predicted molar refractivity (Wildman–Crippen MR) is 84.8 cm³/mol. The second kappa shape index (κ2) is 6.10. The van der Waals surface area contributed by atoms with E-state index in [1.165, 1.54) is 11.5 Å². The van der Waals surface area contributed by atoms with Gasteiger partial charge in [0, 0.05) is 37.7 Å². The maximum Gasteiger partial charge on any atom is 0.205 e. The van der Waals surface area contributed by atoms with Crippen molar-refractivity contribution in [1.82, 2.24) is 9.36 Å². The molecule has 2 heterocycles. The van der Waals surface area contributed by atoms with Crippen molar-refractivity contribution in [2.24, 2.45) is 0 Å². The highest BCUT2D eigenvalue weighted by Gasteiger charge is 2.19. The Hall–Kier alpha value is -2.13. The predicted octanol–water partition coefficient (Wildman–Crippen LogP) is 2.43. The normalized spacial score (nSPS) is 15.6. The molecule has 0 unspecified atom stereocenters. The van der Waals surface area contributed by atoms with E-state index in [9.17, 15) is 5.26 Å². The number of para-hydroxylation sites is 1. The van der Waals surface area contributed by atoms with E-state index in [0.29, 0.717) is 0 Å². The molecular weight excluding hydrogens is 282 g/mol. The van der Waals surface area contributed by atoms with Crippen LogP contribution < -0.4 is 9.80 Å². The molecule has 0 N–H and O–H groups in total. The first kappa shape index (κ1) is 13.8. The molecule has 6 heteroatoms. The summed E-state index contributed by atoms with van der Waals surface area (Å²) in [7, 11) is 0. The van der Waals surface area contributed by atoms with E-state index in [1.54, 1.807) is 0 Å². The van der Waals surface area contributed by atoms with Crippen LogP contribution in [0.1, 0.15) is 17.8 Å². The highest BCUT2D eigenvalue weighted by atomic mass is 32.1. The lowest BCUT2D eigenvalue weighted by Gasteiger charge is -2.24. The molecule has 0 amide bonds. The number of hydrogen-bond donors (Lipinski definition) is 0. The summed E-state index contributed by atoms with van der Waals surface area (Å²) in [6.45, 7) is 5.69. The number of aromatic nitrogens is 2. The summed E-state index contributed by atoms with van der Waals surface area (Å²) in [5.74, 6) is 0.839. The van der Waals surface area contributed by atoms with Crippen molar-refractivity contribution in [1.29, 1.82) is 5.26 Å². The summed E-state index contributed by atoms with van der Waals surface area (Å²) in [5, 5.41) is 10.3. The van der Waals surface area contributed by atoms with E-state index in [1.807, 2.05) is 31.2 Å². The summed E-state index contributed by atoms with van der Waals surface area (Å²) in [5.41, 5.74) is 1.79. The molecule has 0 atom stereocenters. The number of nitriles is 1. The maximum atomic E-state index is 9.25. The number of aryl methyl sites for hydroxylation is 1. The molecule has 1 aromatic carbocycles. The van der Waals surface area contributed by atoms with E-state index >= 15 is 0 Å². The van der Waals surface area contributed by atoms with Crippen molar-refractivity contribution in [3.8, 4) is 6.07 Å². The van der Waals surface area contributed by atoms with E-state index in [-0.39, 0.29) is 0 Å². The average Bonchev–Trinajstić information content (AvgIpc) is 2.81. The Morgan fingerprint density at radius 2 is 1.90 bits per heavy atom. The van der Waals surface area contributed by atoms with E-state index < -0.39 is 0 Å². The van der Waals surface area contributed by atoms with Gasteiger partial charge in [-0.25, -0.2) is 4.98 Å². The van der Waals surface area contributed by atoms with E-state index in [2.05, 4.69) is 25.2 Å². The van der Waals surface area contributed by atoms with Crippen LogP contribution in [0.4, 0.5) is 10.8 Å². The Morgan fingerprint density at radius 1 is 1.14 bits per heavy atom. The van der Waals surface area contributed by atoms with E-state index in [0.717, 1.165) is 54.8 Å². The third-order valence-electron chi connectivity index (χ3n) is 3.65. The van der Waals surface area contributed by atoms with Gasteiger partial charge in [0.15, 0.2) is 0 Å². The Bertz CT molecular complexity index is 660. The molecule has 0 aliphatic carbocycles. The van der Waals surface area contributed by atoms with Crippen LogP contribution in [0.5, 0.6) is 0 Å². The smallest absolute Gasteiger partial charge is 0.205 e. The molecule has 0 saturated carbocycles. The minimum Gasteiger partial charge on any atom is -0.369 e. The first-order chi connectivity index (χ1) is 10.3. The van der Waals surface area contributed by atoms with Crippen LogP contribution in [0.25, 0.3) is 0 Å². The molecule has 1 aromatic heterocycles. The van der Waals surface area contributed by atoms with Crippen molar-refractivity contribution < 1.29 is 0 Å². The molecule has 2 aromatic rings. The van der Waals surface area contributed by atoms with Gasteiger partial charge >= 0.3 is 0 Å². The zero-order valence-corrected chi connectivity index (χ0v) is 12.8. The molecule has 1 saturated heterocycles. The summed E-state index contributed by atoms with van der Waals surface area (Å²) in [6, 6.07) is 10.1. The monoisotopic (exact) mass is 299 g/mol. The standard InChI is InChI=1S/C15H17N5S/c1-12-17-15(21-18-12)20-8-4-7-19(9-10-20)14-6-3-2-5-13(14)11-16/h2-3,5-6H,4,7-10H2,1H3. The van der Waals surface area contributed by atoms with Gasteiger partial charge in [0.2, 0.25) is 5.13 Å². The molecule has 5 nitrogen and oxygen atoms in total. The van der Waals surface area contributed by atoms with Gasteiger partial charge in [-0.3, -0.25) is 0 Å². The highest BCUT2D eigenvalue weighted by Crippen LogP contribution is 2.23. The number of nitrogens with zero attached hydrogens (tertiary/aromatic N) is 5. The second-order valence-corrected chi connectivity index (χ2v) is 5.81. The Balaban J connectivity index is 1.75. The van der Waals surface area contributed by atoms with Gasteiger partial charge in [-0.1, -0.05) is 12.1 Å². The fourth-order valence-corrected chi connectivity index (χ4v) is 3.33. The topological polar surface area (TPSA) is 56.1 Å². The molecule has 21 heavy (non-hydrogen) atoms. The third-order valence-corrected chi connectivity index (χ3v) is 4.52. The molecule has 0 bridgehead atoms. The van der Waals surface area contributed by atoms with Crippen molar-refractivity contribution in [3.05, 3.63) is 35.7 Å². The largest absolute Gasteiger partial charge is 0.369 e. The van der Waals surface area contributed by atoms with E-state index in [4.69, 9.17) is 0 Å². The number of hydrogen-bond acceptors (Lipinski definition) is 6. The Morgan fingerprint density at radius 3 is 2.67 bits per heavy atom. The molecule has 0 radical (unpaired) electrons. The van der Waals surface area contributed by atoms with Crippen LogP contribution in [0.2, 0.25) is 0 Å². The van der Waals surface area contributed by atoms with Crippen molar-refractivity contribution in [3.63, 3.8) is 0 Å². The molecule has 0 spiro atoms. The maximum absolute atomic E-state index is 9.25. The van der Waals surface area contributed by atoms with Crippen LogP contribution >= 0.6 is 11.5 Å². The SMILES string of the molecule is Cc1nsc(N2CCCN(c3ccccc3C#N)CC2)n1. The zero-order chi connectivity index (χ0) is 14.7. The lowest BCUT2D eigenvalue weighted by Crippen LogP contribution is -2.31. The lowest BCUT2D eigenvalue weighted by atomic mass is 10.1.